The van der Waals surface area contributed by atoms with Crippen molar-refractivity contribution in [3.8, 4) is 11.5 Å². The third-order valence-electron chi connectivity index (χ3n) is 4.56. The van der Waals surface area contributed by atoms with Gasteiger partial charge in [-0.25, -0.2) is 9.78 Å². The van der Waals surface area contributed by atoms with Crippen LogP contribution in [0.1, 0.15) is 47.2 Å². The zero-order chi connectivity index (χ0) is 20.8. The van der Waals surface area contributed by atoms with E-state index in [-0.39, 0.29) is 12.2 Å². The van der Waals surface area contributed by atoms with Gasteiger partial charge in [0.15, 0.2) is 0 Å². The molecule has 3 rings (SSSR count). The third-order valence-corrected chi connectivity index (χ3v) is 4.99. The Morgan fingerprint density at radius 1 is 1.17 bits per heavy atom. The Balaban J connectivity index is 1.78. The van der Waals surface area contributed by atoms with Gasteiger partial charge in [-0.15, -0.1) is 0 Å². The van der Waals surface area contributed by atoms with Gasteiger partial charge in [0, 0.05) is 6.42 Å². The molecule has 3 aromatic rings. The number of hydrogen-bond donors (Lipinski definition) is 2. The topological polar surface area (TPSA) is 84.6 Å². The molecule has 0 saturated heterocycles. The third kappa shape index (κ3) is 4.96. The molecule has 29 heavy (non-hydrogen) atoms. The number of imidazole rings is 1. The summed E-state index contributed by atoms with van der Waals surface area (Å²) in [5, 5.41) is 19.2. The lowest BCUT2D eigenvalue weighted by molar-refractivity contribution is 0.0694. The lowest BCUT2D eigenvalue weighted by Gasteiger charge is -2.11. The van der Waals surface area contributed by atoms with E-state index in [1.807, 2.05) is 16.7 Å². The second-order valence-electron chi connectivity index (χ2n) is 6.66. The Morgan fingerprint density at radius 3 is 2.55 bits per heavy atom. The number of rotatable bonds is 9. The highest BCUT2D eigenvalue weighted by molar-refractivity contribution is 6.30. The van der Waals surface area contributed by atoms with Crippen LogP contribution >= 0.6 is 11.6 Å². The Morgan fingerprint density at radius 2 is 1.90 bits per heavy atom. The van der Waals surface area contributed by atoms with E-state index in [1.54, 1.807) is 30.3 Å². The van der Waals surface area contributed by atoms with E-state index in [9.17, 15) is 15.0 Å². The fourth-order valence-electron chi connectivity index (χ4n) is 3.02. The van der Waals surface area contributed by atoms with Crippen molar-refractivity contribution in [2.24, 2.45) is 0 Å². The molecule has 6 nitrogen and oxygen atoms in total. The summed E-state index contributed by atoms with van der Waals surface area (Å²) >= 11 is 6.40. The molecular formula is C22H23ClN2O4. The number of aromatic nitrogens is 2. The molecular weight excluding hydrogens is 392 g/mol. The van der Waals surface area contributed by atoms with Crippen molar-refractivity contribution in [2.75, 3.05) is 0 Å². The fourth-order valence-corrected chi connectivity index (χ4v) is 3.28. The van der Waals surface area contributed by atoms with E-state index < -0.39 is 5.97 Å². The molecule has 0 radical (unpaired) electrons. The number of carboxylic acid groups (broad SMARTS) is 1. The van der Waals surface area contributed by atoms with Crippen molar-refractivity contribution < 1.29 is 19.7 Å². The van der Waals surface area contributed by atoms with Crippen LogP contribution in [-0.4, -0.2) is 25.7 Å². The Kier molecular flexibility index (Phi) is 6.90. The summed E-state index contributed by atoms with van der Waals surface area (Å²) in [6, 6.07) is 13.9. The second kappa shape index (κ2) is 9.58. The van der Waals surface area contributed by atoms with Gasteiger partial charge in [-0.2, -0.15) is 0 Å². The van der Waals surface area contributed by atoms with Crippen LogP contribution in [-0.2, 0) is 19.6 Å². The number of carboxylic acids is 1. The molecule has 1 aromatic heterocycles. The van der Waals surface area contributed by atoms with Crippen LogP contribution in [0.25, 0.3) is 0 Å². The number of para-hydroxylation sites is 1. The number of ether oxygens (including phenoxy) is 1. The predicted octanol–water partition coefficient (Wildman–Crippen LogP) is 4.91. The highest BCUT2D eigenvalue weighted by Crippen LogP contribution is 2.27. The second-order valence-corrected chi connectivity index (χ2v) is 7.02. The first-order valence-corrected chi connectivity index (χ1v) is 9.85. The highest BCUT2D eigenvalue weighted by atomic mass is 35.5. The molecule has 1 heterocycles. The van der Waals surface area contributed by atoms with Crippen molar-refractivity contribution in [1.29, 1.82) is 0 Å². The summed E-state index contributed by atoms with van der Waals surface area (Å²) in [7, 11) is 0. The molecule has 0 amide bonds. The van der Waals surface area contributed by atoms with Gasteiger partial charge < -0.3 is 19.5 Å². The molecule has 7 heteroatoms. The molecule has 0 atom stereocenters. The summed E-state index contributed by atoms with van der Waals surface area (Å²) < 4.78 is 7.65. The van der Waals surface area contributed by atoms with Gasteiger partial charge in [-0.05, 0) is 36.2 Å². The molecule has 152 valence electrons. The van der Waals surface area contributed by atoms with Crippen LogP contribution in [0.15, 0.2) is 48.5 Å². The number of halogens is 1. The van der Waals surface area contributed by atoms with Gasteiger partial charge in [-0.3, -0.25) is 0 Å². The van der Waals surface area contributed by atoms with Crippen LogP contribution in [0.2, 0.25) is 5.15 Å². The molecule has 0 aliphatic carbocycles. The van der Waals surface area contributed by atoms with E-state index in [2.05, 4.69) is 11.9 Å². The number of aromatic carboxylic acids is 1. The molecule has 0 unspecified atom stereocenters. The normalized spacial score (nSPS) is 10.9. The van der Waals surface area contributed by atoms with Gasteiger partial charge in [0.25, 0.3) is 0 Å². The van der Waals surface area contributed by atoms with Crippen molar-refractivity contribution in [2.45, 2.75) is 39.3 Å². The number of aliphatic hydroxyl groups is 1. The minimum atomic E-state index is -1.04. The summed E-state index contributed by atoms with van der Waals surface area (Å²) in [4.78, 5) is 15.8. The Labute approximate surface area is 174 Å². The van der Waals surface area contributed by atoms with Gasteiger partial charge in [-0.1, -0.05) is 49.2 Å². The maximum atomic E-state index is 11.3. The van der Waals surface area contributed by atoms with Crippen molar-refractivity contribution in [1.82, 2.24) is 9.55 Å². The van der Waals surface area contributed by atoms with E-state index in [0.29, 0.717) is 28.9 Å². The maximum absolute atomic E-state index is 11.3. The number of hydrogen-bond acceptors (Lipinski definition) is 4. The zero-order valence-corrected chi connectivity index (χ0v) is 16.9. The number of benzene rings is 2. The largest absolute Gasteiger partial charge is 0.478 e. The average Bonchev–Trinajstić information content (AvgIpc) is 3.03. The van der Waals surface area contributed by atoms with Gasteiger partial charge in [0.05, 0.1) is 13.2 Å². The van der Waals surface area contributed by atoms with Crippen molar-refractivity contribution >= 4 is 17.6 Å². The Bertz CT molecular complexity index is 983. The average molecular weight is 415 g/mol. The number of aliphatic hydroxyl groups excluding tert-OH is 1. The lowest BCUT2D eigenvalue weighted by Crippen LogP contribution is -2.06. The van der Waals surface area contributed by atoms with E-state index >= 15 is 0 Å². The van der Waals surface area contributed by atoms with Crippen LogP contribution in [0.3, 0.4) is 0 Å². The first-order valence-electron chi connectivity index (χ1n) is 9.47. The SMILES string of the molecule is CCCCc1nc(CO)c(Cl)n1Cc1ccc(Oc2ccccc2C(=O)O)cc1. The van der Waals surface area contributed by atoms with Gasteiger partial charge >= 0.3 is 5.97 Å². The van der Waals surface area contributed by atoms with Crippen LogP contribution in [0.4, 0.5) is 0 Å². The standard InChI is InChI=1S/C22H23ClN2O4/c1-2-3-8-20-24-18(14-26)21(23)25(20)13-15-9-11-16(12-10-15)29-19-7-5-4-6-17(19)22(27)28/h4-7,9-12,26H,2-3,8,13-14H2,1H3,(H,27,28). The minimum Gasteiger partial charge on any atom is -0.478 e. The zero-order valence-electron chi connectivity index (χ0n) is 16.1. The fraction of sp³-hybridized carbons (Fsp3) is 0.273. The number of nitrogens with zero attached hydrogens (tertiary/aromatic N) is 2. The quantitative estimate of drug-likeness (QED) is 0.519. The molecule has 0 saturated carbocycles. The van der Waals surface area contributed by atoms with E-state index in [0.717, 1.165) is 30.7 Å². The molecule has 0 bridgehead atoms. The smallest absolute Gasteiger partial charge is 0.339 e. The first-order chi connectivity index (χ1) is 14.0. The molecule has 0 aliphatic heterocycles. The summed E-state index contributed by atoms with van der Waals surface area (Å²) in [5.41, 5.74) is 1.59. The van der Waals surface area contributed by atoms with Crippen LogP contribution in [0.5, 0.6) is 11.5 Å². The maximum Gasteiger partial charge on any atom is 0.339 e. The predicted molar refractivity (Wildman–Crippen MR) is 111 cm³/mol. The molecule has 0 spiro atoms. The summed E-state index contributed by atoms with van der Waals surface area (Å²) in [6.07, 6.45) is 2.83. The molecule has 0 fully saturated rings. The van der Waals surface area contributed by atoms with E-state index in [1.165, 1.54) is 6.07 Å². The Hall–Kier alpha value is -2.83. The highest BCUT2D eigenvalue weighted by Gasteiger charge is 2.15. The summed E-state index contributed by atoms with van der Waals surface area (Å²) in [6.45, 7) is 2.45. The van der Waals surface area contributed by atoms with Crippen molar-refractivity contribution in [3.63, 3.8) is 0 Å². The lowest BCUT2D eigenvalue weighted by atomic mass is 10.2. The van der Waals surface area contributed by atoms with E-state index in [4.69, 9.17) is 16.3 Å². The minimum absolute atomic E-state index is 0.110. The summed E-state index contributed by atoms with van der Waals surface area (Å²) in [5.74, 6) is 0.657. The molecule has 2 N–H and O–H groups in total. The number of aryl methyl sites for hydroxylation is 1. The van der Waals surface area contributed by atoms with Crippen molar-refractivity contribution in [3.05, 3.63) is 76.3 Å². The number of unbranched alkanes of at least 4 members (excludes halogenated alkanes) is 1. The van der Waals surface area contributed by atoms with Crippen LogP contribution < -0.4 is 4.74 Å². The first kappa shape index (κ1) is 20.9. The molecule has 2 aromatic carbocycles. The number of carbonyl (C=O) groups is 1. The van der Waals surface area contributed by atoms with Crippen LogP contribution in [0, 0.1) is 0 Å². The monoisotopic (exact) mass is 414 g/mol. The van der Waals surface area contributed by atoms with Gasteiger partial charge in [0.2, 0.25) is 0 Å². The van der Waals surface area contributed by atoms with Gasteiger partial charge in [0.1, 0.15) is 33.7 Å². The molecule has 0 aliphatic rings.